The van der Waals surface area contributed by atoms with Gasteiger partial charge in [0.15, 0.2) is 0 Å². The smallest absolute Gasteiger partial charge is 0.458 e. The molecule has 0 aliphatic carbocycles. The molecule has 4 nitrogen and oxygen atoms in total. The molecule has 0 N–H and O–H groups in total. The van der Waals surface area contributed by atoms with Gasteiger partial charge >= 0.3 is 24.2 Å². The number of halogens is 10. The summed E-state index contributed by atoms with van der Waals surface area (Å²) in [5.74, 6) is -21.6. The Kier molecular flexibility index (Phi) is 4.83. The van der Waals surface area contributed by atoms with Crippen molar-refractivity contribution in [3.05, 3.63) is 11.1 Å². The van der Waals surface area contributed by atoms with E-state index in [4.69, 9.17) is 0 Å². The first kappa shape index (κ1) is 20.0. The Morgan fingerprint density at radius 3 is 0.818 bits per heavy atom. The standard InChI is InChI=1S/C8H2F10O4/c9-5(10,7(13,14)15)1(3(19)20)2(4(21)22)6(11,12)8(16,17)18/h(H,19,20)(H,21,22)/p-2/b2-1-. The van der Waals surface area contributed by atoms with Crippen LogP contribution < -0.4 is 10.2 Å². The van der Waals surface area contributed by atoms with Crippen molar-refractivity contribution in [2.75, 3.05) is 0 Å². The number of carbonyl (C=O) groups excluding carboxylic acids is 2. The molecule has 0 aliphatic rings. The third-order valence-corrected chi connectivity index (χ3v) is 2.00. The third kappa shape index (κ3) is 3.24. The molecular formula is C8F10O4-2. The van der Waals surface area contributed by atoms with Crippen LogP contribution >= 0.6 is 0 Å². The van der Waals surface area contributed by atoms with Crippen molar-refractivity contribution in [3.8, 4) is 0 Å². The molecule has 0 fully saturated rings. The summed E-state index contributed by atoms with van der Waals surface area (Å²) in [5.41, 5.74) is -8.22. The van der Waals surface area contributed by atoms with Gasteiger partial charge in [0.1, 0.15) is 0 Å². The highest BCUT2D eigenvalue weighted by Gasteiger charge is 2.67. The van der Waals surface area contributed by atoms with Crippen molar-refractivity contribution in [2.45, 2.75) is 24.2 Å². The van der Waals surface area contributed by atoms with E-state index in [1.54, 1.807) is 0 Å². The predicted octanol–water partition coefficient (Wildman–Crippen LogP) is 0.178. The van der Waals surface area contributed by atoms with E-state index >= 15 is 0 Å². The lowest BCUT2D eigenvalue weighted by Gasteiger charge is -2.30. The zero-order valence-corrected chi connectivity index (χ0v) is 9.41. The average Bonchev–Trinajstić information content (AvgIpc) is 2.20. The van der Waals surface area contributed by atoms with Crippen LogP contribution in [-0.4, -0.2) is 36.1 Å². The summed E-state index contributed by atoms with van der Waals surface area (Å²) in [6.07, 6.45) is -14.0. The van der Waals surface area contributed by atoms with Gasteiger partial charge < -0.3 is 19.8 Å². The molecule has 0 aromatic rings. The van der Waals surface area contributed by atoms with Gasteiger partial charge in [-0.25, -0.2) is 0 Å². The topological polar surface area (TPSA) is 80.3 Å². The summed E-state index contributed by atoms with van der Waals surface area (Å²) in [5, 5.41) is 20.3. The molecule has 0 aliphatic heterocycles. The fourth-order valence-electron chi connectivity index (χ4n) is 1.06. The minimum Gasteiger partial charge on any atom is -0.545 e. The van der Waals surface area contributed by atoms with Gasteiger partial charge in [-0.1, -0.05) is 0 Å². The highest BCUT2D eigenvalue weighted by Crippen LogP contribution is 2.48. The van der Waals surface area contributed by atoms with Crippen LogP contribution in [0, 0.1) is 0 Å². The molecule has 0 aromatic carbocycles. The first-order valence-electron chi connectivity index (χ1n) is 4.46. The Bertz CT molecular complexity index is 466. The van der Waals surface area contributed by atoms with Crippen LogP contribution in [0.15, 0.2) is 11.1 Å². The van der Waals surface area contributed by atoms with Gasteiger partial charge in [0, 0.05) is 0 Å². The zero-order chi connectivity index (χ0) is 18.3. The fraction of sp³-hybridized carbons (Fsp3) is 0.500. The Balaban J connectivity index is 6.90. The Hall–Kier alpha value is -2.02. The second-order valence-electron chi connectivity index (χ2n) is 3.47. The molecule has 0 radical (unpaired) electrons. The molecule has 0 atom stereocenters. The van der Waals surface area contributed by atoms with E-state index in [1.807, 2.05) is 0 Å². The molecule has 22 heavy (non-hydrogen) atoms. The molecule has 0 saturated carbocycles. The quantitative estimate of drug-likeness (QED) is 0.535. The molecule has 14 heteroatoms. The lowest BCUT2D eigenvalue weighted by atomic mass is 9.96. The second kappa shape index (κ2) is 5.31. The van der Waals surface area contributed by atoms with E-state index in [0.717, 1.165) is 0 Å². The number of aliphatic carboxylic acids is 2. The van der Waals surface area contributed by atoms with Gasteiger partial charge in [-0.2, -0.15) is 43.9 Å². The zero-order valence-electron chi connectivity index (χ0n) is 9.41. The number of carbonyl (C=O) groups is 2. The fourth-order valence-corrected chi connectivity index (χ4v) is 1.06. The number of carboxylic acid groups (broad SMARTS) is 2. The number of rotatable bonds is 4. The van der Waals surface area contributed by atoms with Gasteiger partial charge in [0.05, 0.1) is 23.1 Å². The molecule has 0 aromatic heterocycles. The number of hydrogen-bond donors (Lipinski definition) is 0. The van der Waals surface area contributed by atoms with E-state index in [-0.39, 0.29) is 0 Å². The maximum atomic E-state index is 12.8. The third-order valence-electron chi connectivity index (χ3n) is 2.00. The monoisotopic (exact) mass is 350 g/mol. The first-order chi connectivity index (χ1) is 9.39. The van der Waals surface area contributed by atoms with E-state index in [1.165, 1.54) is 0 Å². The largest absolute Gasteiger partial charge is 0.545 e. The summed E-state index contributed by atoms with van der Waals surface area (Å²) < 4.78 is 123. The maximum Gasteiger partial charge on any atom is 0.458 e. The summed E-state index contributed by atoms with van der Waals surface area (Å²) in [7, 11) is 0. The van der Waals surface area contributed by atoms with Crippen molar-refractivity contribution < 1.29 is 63.7 Å². The van der Waals surface area contributed by atoms with Crippen LogP contribution in [0.25, 0.3) is 0 Å². The summed E-state index contributed by atoms with van der Waals surface area (Å²) >= 11 is 0. The lowest BCUT2D eigenvalue weighted by molar-refractivity contribution is -0.322. The van der Waals surface area contributed by atoms with Crippen LogP contribution in [0.1, 0.15) is 0 Å². The molecule has 0 unspecified atom stereocenters. The molecule has 0 spiro atoms. The van der Waals surface area contributed by atoms with Gasteiger partial charge in [-0.05, 0) is 0 Å². The SMILES string of the molecule is O=C([O-])/C(=C(\C(=O)[O-])C(F)(F)C(F)(F)F)C(F)(F)C(F)(F)F. The normalized spacial score (nSPS) is 15.4. The minimum absolute atomic E-state index is 3.90. The number of alkyl halides is 10. The second-order valence-corrected chi connectivity index (χ2v) is 3.47. The van der Waals surface area contributed by atoms with Crippen molar-refractivity contribution in [2.24, 2.45) is 0 Å². The average molecular weight is 350 g/mol. The van der Waals surface area contributed by atoms with Crippen LogP contribution in [0.2, 0.25) is 0 Å². The number of hydrogen-bond acceptors (Lipinski definition) is 4. The molecule has 0 saturated heterocycles. The van der Waals surface area contributed by atoms with Gasteiger partial charge in [-0.3, -0.25) is 0 Å². The van der Waals surface area contributed by atoms with Crippen LogP contribution in [0.4, 0.5) is 43.9 Å². The van der Waals surface area contributed by atoms with Crippen LogP contribution in [-0.2, 0) is 9.59 Å². The van der Waals surface area contributed by atoms with Gasteiger partial charge in [0.25, 0.3) is 0 Å². The maximum absolute atomic E-state index is 12.8. The predicted molar refractivity (Wildman–Crippen MR) is 39.0 cm³/mol. The molecule has 0 heterocycles. The van der Waals surface area contributed by atoms with Crippen molar-refractivity contribution in [1.82, 2.24) is 0 Å². The Labute approximate surface area is 112 Å². The van der Waals surface area contributed by atoms with E-state index in [2.05, 4.69) is 0 Å². The Morgan fingerprint density at radius 2 is 0.727 bits per heavy atom. The summed E-state index contributed by atoms with van der Waals surface area (Å²) in [6, 6.07) is 0. The van der Waals surface area contributed by atoms with E-state index in [0.29, 0.717) is 0 Å². The highest BCUT2D eigenvalue weighted by molar-refractivity contribution is 6.00. The molecule has 128 valence electrons. The van der Waals surface area contributed by atoms with Crippen molar-refractivity contribution in [3.63, 3.8) is 0 Å². The van der Waals surface area contributed by atoms with Crippen LogP contribution in [0.5, 0.6) is 0 Å². The molecule has 0 amide bonds. The van der Waals surface area contributed by atoms with Crippen LogP contribution in [0.3, 0.4) is 0 Å². The summed E-state index contributed by atoms with van der Waals surface area (Å²) in [4.78, 5) is 20.3. The minimum atomic E-state index is -7.00. The van der Waals surface area contributed by atoms with Gasteiger partial charge in [0.2, 0.25) is 0 Å². The molecule has 0 rings (SSSR count). The van der Waals surface area contributed by atoms with Crippen molar-refractivity contribution >= 4 is 11.9 Å². The first-order valence-corrected chi connectivity index (χ1v) is 4.46. The highest BCUT2D eigenvalue weighted by atomic mass is 19.4. The van der Waals surface area contributed by atoms with Gasteiger partial charge in [-0.15, -0.1) is 0 Å². The van der Waals surface area contributed by atoms with E-state index < -0.39 is 47.3 Å². The lowest BCUT2D eigenvalue weighted by Crippen LogP contribution is -2.52. The number of carboxylic acids is 2. The summed E-state index contributed by atoms with van der Waals surface area (Å²) in [6.45, 7) is 0. The molecular weight excluding hydrogens is 350 g/mol. The van der Waals surface area contributed by atoms with E-state index in [9.17, 15) is 63.7 Å². The Morgan fingerprint density at radius 1 is 0.545 bits per heavy atom. The molecule has 0 bridgehead atoms. The van der Waals surface area contributed by atoms with Crippen molar-refractivity contribution in [1.29, 1.82) is 0 Å².